The second kappa shape index (κ2) is 6.48. The van der Waals surface area contributed by atoms with Gasteiger partial charge in [-0.1, -0.05) is 17.7 Å². The highest BCUT2D eigenvalue weighted by Crippen LogP contribution is 2.37. The van der Waals surface area contributed by atoms with E-state index in [2.05, 4.69) is 4.72 Å². The minimum atomic E-state index is -3.89. The van der Waals surface area contributed by atoms with Gasteiger partial charge in [0.1, 0.15) is 5.82 Å². The van der Waals surface area contributed by atoms with E-state index in [4.69, 9.17) is 0 Å². The number of nitrogens with zero attached hydrogens (tertiary/aromatic N) is 1. The van der Waals surface area contributed by atoms with Gasteiger partial charge in [-0.25, -0.2) is 12.8 Å². The van der Waals surface area contributed by atoms with Gasteiger partial charge >= 0.3 is 0 Å². The van der Waals surface area contributed by atoms with Crippen molar-refractivity contribution in [3.63, 3.8) is 0 Å². The van der Waals surface area contributed by atoms with Crippen LogP contribution in [0, 0.1) is 12.7 Å². The van der Waals surface area contributed by atoms with Crippen LogP contribution in [0.15, 0.2) is 47.4 Å². The molecule has 3 rings (SSSR count). The lowest BCUT2D eigenvalue weighted by molar-refractivity contribution is -0.116. The predicted octanol–water partition coefficient (Wildman–Crippen LogP) is 3.45. The van der Waals surface area contributed by atoms with Crippen molar-refractivity contribution in [2.75, 3.05) is 9.62 Å². The molecule has 0 aliphatic heterocycles. The zero-order valence-electron chi connectivity index (χ0n) is 14.0. The minimum Gasteiger partial charge on any atom is -0.308 e. The van der Waals surface area contributed by atoms with Crippen LogP contribution in [0.4, 0.5) is 15.8 Å². The fraction of sp³-hybridized carbons (Fsp3) is 0.278. The Labute approximate surface area is 146 Å². The Morgan fingerprint density at radius 1 is 1.16 bits per heavy atom. The monoisotopic (exact) mass is 362 g/mol. The fourth-order valence-corrected chi connectivity index (χ4v) is 3.74. The van der Waals surface area contributed by atoms with Gasteiger partial charge in [0, 0.05) is 19.0 Å². The van der Waals surface area contributed by atoms with Crippen LogP contribution in [0.1, 0.15) is 25.3 Å². The van der Waals surface area contributed by atoms with E-state index < -0.39 is 15.8 Å². The maximum absolute atomic E-state index is 13.7. The summed E-state index contributed by atoms with van der Waals surface area (Å²) in [6, 6.07) is 10.1. The van der Waals surface area contributed by atoms with Gasteiger partial charge in [-0.15, -0.1) is 0 Å². The van der Waals surface area contributed by atoms with Crippen LogP contribution in [-0.4, -0.2) is 20.4 Å². The molecule has 1 fully saturated rings. The topological polar surface area (TPSA) is 66.5 Å². The molecule has 1 N–H and O–H groups in total. The third kappa shape index (κ3) is 3.82. The second-order valence-electron chi connectivity index (χ2n) is 6.20. The number of aryl methyl sites for hydroxylation is 1. The molecular weight excluding hydrogens is 343 g/mol. The Balaban J connectivity index is 2.00. The van der Waals surface area contributed by atoms with Crippen LogP contribution in [0.2, 0.25) is 0 Å². The first kappa shape index (κ1) is 17.4. The zero-order valence-corrected chi connectivity index (χ0v) is 14.8. The Morgan fingerprint density at radius 3 is 2.36 bits per heavy atom. The van der Waals surface area contributed by atoms with Crippen molar-refractivity contribution < 1.29 is 17.6 Å². The van der Waals surface area contributed by atoms with Gasteiger partial charge in [0.15, 0.2) is 0 Å². The number of nitrogens with one attached hydrogen (secondary N) is 1. The van der Waals surface area contributed by atoms with Crippen molar-refractivity contribution in [3.8, 4) is 0 Å². The van der Waals surface area contributed by atoms with Crippen molar-refractivity contribution in [2.24, 2.45) is 0 Å². The summed E-state index contributed by atoms with van der Waals surface area (Å²) in [5.74, 6) is -0.783. The average Bonchev–Trinajstić information content (AvgIpc) is 3.34. The Hall–Kier alpha value is -2.41. The van der Waals surface area contributed by atoms with E-state index in [0.717, 1.165) is 24.5 Å². The summed E-state index contributed by atoms with van der Waals surface area (Å²) in [6.07, 6.45) is 1.70. The normalized spacial score (nSPS) is 14.2. The molecule has 2 aromatic carbocycles. The number of benzene rings is 2. The number of anilines is 2. The van der Waals surface area contributed by atoms with E-state index >= 15 is 0 Å². The molecular formula is C18H19FN2O3S. The molecule has 0 saturated heterocycles. The van der Waals surface area contributed by atoms with Gasteiger partial charge in [0.2, 0.25) is 5.91 Å². The van der Waals surface area contributed by atoms with Crippen molar-refractivity contribution in [1.29, 1.82) is 0 Å². The maximum atomic E-state index is 13.7. The molecule has 1 aliphatic rings. The van der Waals surface area contributed by atoms with E-state index in [1.54, 1.807) is 12.1 Å². The summed E-state index contributed by atoms with van der Waals surface area (Å²) >= 11 is 0. The van der Waals surface area contributed by atoms with Crippen LogP contribution >= 0.6 is 0 Å². The third-order valence-corrected chi connectivity index (χ3v) is 5.43. The van der Waals surface area contributed by atoms with E-state index in [1.807, 2.05) is 6.92 Å². The van der Waals surface area contributed by atoms with Gasteiger partial charge in [-0.05, 0) is 44.0 Å². The second-order valence-corrected chi connectivity index (χ2v) is 7.88. The number of rotatable bonds is 5. The fourth-order valence-electron chi connectivity index (χ4n) is 2.68. The van der Waals surface area contributed by atoms with Crippen molar-refractivity contribution in [3.05, 3.63) is 53.8 Å². The standard InChI is InChI=1S/C18H19FN2O3S/c1-12-3-8-16(9-4-12)25(23,24)20-17-11-14(19)5-10-18(17)21(13(2)22)15-6-7-15/h3-5,8-11,15,20H,6-7H2,1-2H3. The average molecular weight is 362 g/mol. The molecule has 0 bridgehead atoms. The molecule has 2 aromatic rings. The first-order valence-electron chi connectivity index (χ1n) is 7.97. The van der Waals surface area contributed by atoms with Crippen LogP contribution < -0.4 is 9.62 Å². The summed E-state index contributed by atoms with van der Waals surface area (Å²) in [5, 5.41) is 0. The van der Waals surface area contributed by atoms with Gasteiger partial charge in [0.25, 0.3) is 10.0 Å². The molecule has 0 atom stereocenters. The summed E-state index contributed by atoms with van der Waals surface area (Å²) in [4.78, 5) is 13.6. The van der Waals surface area contributed by atoms with E-state index in [0.29, 0.717) is 5.69 Å². The first-order valence-corrected chi connectivity index (χ1v) is 9.45. The number of hydrogen-bond donors (Lipinski definition) is 1. The molecule has 25 heavy (non-hydrogen) atoms. The van der Waals surface area contributed by atoms with Crippen LogP contribution in [0.3, 0.4) is 0 Å². The molecule has 1 saturated carbocycles. The quantitative estimate of drug-likeness (QED) is 0.886. The highest BCUT2D eigenvalue weighted by atomic mass is 32.2. The molecule has 1 aliphatic carbocycles. The molecule has 1 amide bonds. The highest BCUT2D eigenvalue weighted by Gasteiger charge is 2.34. The highest BCUT2D eigenvalue weighted by molar-refractivity contribution is 7.92. The zero-order chi connectivity index (χ0) is 18.2. The Morgan fingerprint density at radius 2 is 1.80 bits per heavy atom. The van der Waals surface area contributed by atoms with Gasteiger partial charge in [-0.2, -0.15) is 0 Å². The van der Waals surface area contributed by atoms with E-state index in [9.17, 15) is 17.6 Å². The van der Waals surface area contributed by atoms with Gasteiger partial charge < -0.3 is 4.90 Å². The number of halogens is 1. The van der Waals surface area contributed by atoms with E-state index in [1.165, 1.54) is 36.1 Å². The molecule has 0 aromatic heterocycles. The summed E-state index contributed by atoms with van der Waals surface area (Å²) in [5.41, 5.74) is 1.36. The van der Waals surface area contributed by atoms with Crippen LogP contribution in [0.5, 0.6) is 0 Å². The largest absolute Gasteiger partial charge is 0.308 e. The summed E-state index contributed by atoms with van der Waals surface area (Å²) in [7, 11) is -3.89. The molecule has 0 spiro atoms. The third-order valence-electron chi connectivity index (χ3n) is 4.05. The number of hydrogen-bond acceptors (Lipinski definition) is 3. The van der Waals surface area contributed by atoms with Crippen LogP contribution in [-0.2, 0) is 14.8 Å². The molecule has 7 heteroatoms. The van der Waals surface area contributed by atoms with Crippen LogP contribution in [0.25, 0.3) is 0 Å². The van der Waals surface area contributed by atoms with Crippen molar-refractivity contribution in [1.82, 2.24) is 0 Å². The van der Waals surface area contributed by atoms with Crippen molar-refractivity contribution >= 4 is 27.3 Å². The number of carbonyl (C=O) groups excluding carboxylic acids is 1. The first-order chi connectivity index (χ1) is 11.8. The molecule has 5 nitrogen and oxygen atoms in total. The molecule has 0 unspecified atom stereocenters. The molecule has 0 heterocycles. The molecule has 132 valence electrons. The van der Waals surface area contributed by atoms with Gasteiger partial charge in [0.05, 0.1) is 16.3 Å². The summed E-state index contributed by atoms with van der Waals surface area (Å²) in [6.45, 7) is 3.27. The Kier molecular flexibility index (Phi) is 4.51. The van der Waals surface area contributed by atoms with Gasteiger partial charge in [-0.3, -0.25) is 9.52 Å². The molecule has 0 radical (unpaired) electrons. The number of sulfonamides is 1. The number of amides is 1. The SMILES string of the molecule is CC(=O)N(c1ccc(F)cc1NS(=O)(=O)c1ccc(C)cc1)C1CC1. The lowest BCUT2D eigenvalue weighted by atomic mass is 10.2. The van der Waals surface area contributed by atoms with E-state index in [-0.39, 0.29) is 22.5 Å². The number of carbonyl (C=O) groups is 1. The smallest absolute Gasteiger partial charge is 0.261 e. The minimum absolute atomic E-state index is 0.0330. The maximum Gasteiger partial charge on any atom is 0.261 e. The summed E-state index contributed by atoms with van der Waals surface area (Å²) < 4.78 is 41.4. The van der Waals surface area contributed by atoms with Crippen molar-refractivity contribution in [2.45, 2.75) is 37.6 Å². The lowest BCUT2D eigenvalue weighted by Crippen LogP contribution is -2.31. The predicted molar refractivity (Wildman–Crippen MR) is 94.6 cm³/mol. The Bertz CT molecular complexity index is 906. The lowest BCUT2D eigenvalue weighted by Gasteiger charge is -2.24.